The maximum absolute atomic E-state index is 9.26. The van der Waals surface area contributed by atoms with Gasteiger partial charge in [-0.15, -0.1) is 0 Å². The molecular formula is C21H18N4O3. The molecule has 0 aliphatic carbocycles. The summed E-state index contributed by atoms with van der Waals surface area (Å²) in [6.07, 6.45) is -0.0175. The van der Waals surface area contributed by atoms with Crippen LogP contribution in [0.15, 0.2) is 47.0 Å². The van der Waals surface area contributed by atoms with Crippen molar-refractivity contribution in [1.29, 1.82) is 0 Å². The van der Waals surface area contributed by atoms with E-state index < -0.39 is 0 Å². The smallest absolute Gasteiger partial charge is 0.256 e. The average Bonchev–Trinajstić information content (AvgIpc) is 3.34. The fourth-order valence-electron chi connectivity index (χ4n) is 2.97. The topological polar surface area (TPSA) is 88.5 Å². The number of hydrogen-bond donors (Lipinski definition) is 2. The summed E-state index contributed by atoms with van der Waals surface area (Å²) in [6, 6.07) is 12.8. The Kier molecular flexibility index (Phi) is 4.55. The molecule has 0 saturated heterocycles. The van der Waals surface area contributed by atoms with Crippen molar-refractivity contribution in [3.63, 3.8) is 0 Å². The number of H-pyrrole nitrogens is 1. The number of aliphatic hydroxyl groups is 1. The Bertz CT molecular complexity index is 1180. The molecule has 0 aliphatic rings. The molecule has 0 unspecified atom stereocenters. The van der Waals surface area contributed by atoms with Gasteiger partial charge in [0.2, 0.25) is 11.5 Å². The van der Waals surface area contributed by atoms with Crippen LogP contribution in [0.5, 0.6) is 5.75 Å². The number of aromatic nitrogens is 3. The maximum Gasteiger partial charge on any atom is 0.256 e. The van der Waals surface area contributed by atoms with Crippen LogP contribution >= 0.6 is 0 Å². The van der Waals surface area contributed by atoms with E-state index in [1.54, 1.807) is 18.2 Å². The van der Waals surface area contributed by atoms with Gasteiger partial charge in [0, 0.05) is 27.7 Å². The zero-order chi connectivity index (χ0) is 19.7. The lowest BCUT2D eigenvalue weighted by Crippen LogP contribution is -2.05. The van der Waals surface area contributed by atoms with Crippen LogP contribution in [-0.2, 0) is 6.61 Å². The van der Waals surface area contributed by atoms with Crippen molar-refractivity contribution in [2.45, 2.75) is 26.6 Å². The summed E-state index contributed by atoms with van der Waals surface area (Å²) in [6.45, 7) is 11.2. The summed E-state index contributed by atoms with van der Waals surface area (Å²) in [5, 5.41) is 14.3. The van der Waals surface area contributed by atoms with Crippen LogP contribution < -0.4 is 4.74 Å². The third kappa shape index (κ3) is 3.33. The van der Waals surface area contributed by atoms with E-state index in [2.05, 4.69) is 20.0 Å². The molecule has 2 aromatic carbocycles. The molecule has 4 rings (SSSR count). The van der Waals surface area contributed by atoms with Gasteiger partial charge in [-0.25, -0.2) is 4.85 Å². The van der Waals surface area contributed by atoms with E-state index in [1.807, 2.05) is 38.1 Å². The zero-order valence-electron chi connectivity index (χ0n) is 15.4. The van der Waals surface area contributed by atoms with Crippen molar-refractivity contribution >= 4 is 16.6 Å². The highest BCUT2D eigenvalue weighted by atomic mass is 16.5. The number of ether oxygens (including phenoxy) is 1. The first-order chi connectivity index (χ1) is 13.6. The molecular weight excluding hydrogens is 356 g/mol. The Morgan fingerprint density at radius 1 is 1.18 bits per heavy atom. The number of rotatable bonds is 5. The van der Waals surface area contributed by atoms with Gasteiger partial charge in [-0.05, 0) is 56.3 Å². The Morgan fingerprint density at radius 3 is 2.75 bits per heavy atom. The van der Waals surface area contributed by atoms with E-state index in [0.717, 1.165) is 22.2 Å². The summed E-state index contributed by atoms with van der Waals surface area (Å²) in [7, 11) is 0. The number of nitrogens with one attached hydrogen (secondary N) is 1. The number of nitrogens with zero attached hydrogens (tertiary/aromatic N) is 3. The molecule has 28 heavy (non-hydrogen) atoms. The Hall–Kier alpha value is -3.63. The highest BCUT2D eigenvalue weighted by Gasteiger charge is 2.14. The first-order valence-electron chi connectivity index (χ1n) is 8.82. The molecule has 0 spiro atoms. The molecule has 0 aliphatic heterocycles. The van der Waals surface area contributed by atoms with Crippen LogP contribution in [0.3, 0.4) is 0 Å². The third-order valence-electron chi connectivity index (χ3n) is 4.22. The van der Waals surface area contributed by atoms with Crippen LogP contribution in [0.25, 0.3) is 38.6 Å². The van der Waals surface area contributed by atoms with Gasteiger partial charge in [0.25, 0.3) is 5.89 Å². The lowest BCUT2D eigenvalue weighted by Gasteiger charge is -2.11. The van der Waals surface area contributed by atoms with E-state index in [0.29, 0.717) is 28.7 Å². The molecule has 140 valence electrons. The minimum absolute atomic E-state index is 0.0175. The van der Waals surface area contributed by atoms with Crippen LogP contribution in [0.2, 0.25) is 0 Å². The van der Waals surface area contributed by atoms with Crippen LogP contribution in [0.1, 0.15) is 19.5 Å². The lowest BCUT2D eigenvalue weighted by atomic mass is 10.1. The minimum Gasteiger partial charge on any atom is -0.502 e. The summed E-state index contributed by atoms with van der Waals surface area (Å²) in [5.41, 5.74) is 3.54. The average molecular weight is 374 g/mol. The fourth-order valence-corrected chi connectivity index (χ4v) is 2.97. The maximum atomic E-state index is 9.26. The van der Waals surface area contributed by atoms with Crippen molar-refractivity contribution < 1.29 is 14.4 Å². The van der Waals surface area contributed by atoms with E-state index in [9.17, 15) is 5.11 Å². The number of benzene rings is 2. The van der Waals surface area contributed by atoms with Gasteiger partial charge in [-0.1, -0.05) is 5.16 Å². The van der Waals surface area contributed by atoms with E-state index >= 15 is 0 Å². The number of aromatic amines is 1. The monoisotopic (exact) mass is 374 g/mol. The predicted octanol–water partition coefficient (Wildman–Crippen LogP) is 4.72. The minimum atomic E-state index is -0.0454. The molecule has 7 nitrogen and oxygen atoms in total. The molecule has 2 N–H and O–H groups in total. The quantitative estimate of drug-likeness (QED) is 0.494. The Balaban J connectivity index is 1.67. The Labute approximate surface area is 161 Å². The van der Waals surface area contributed by atoms with Crippen molar-refractivity contribution in [1.82, 2.24) is 15.1 Å². The van der Waals surface area contributed by atoms with Crippen molar-refractivity contribution in [2.24, 2.45) is 0 Å². The van der Waals surface area contributed by atoms with Crippen molar-refractivity contribution in [2.75, 3.05) is 0 Å². The molecule has 4 aromatic rings. The highest BCUT2D eigenvalue weighted by Crippen LogP contribution is 2.34. The molecule has 0 fully saturated rings. The predicted molar refractivity (Wildman–Crippen MR) is 105 cm³/mol. The summed E-state index contributed by atoms with van der Waals surface area (Å²) in [4.78, 5) is 11.1. The normalized spacial score (nSPS) is 11.1. The summed E-state index contributed by atoms with van der Waals surface area (Å²) < 4.78 is 11.1. The second-order valence-corrected chi connectivity index (χ2v) is 6.64. The number of aliphatic hydroxyl groups excluding tert-OH is 1. The molecule has 0 saturated carbocycles. The largest absolute Gasteiger partial charge is 0.502 e. The van der Waals surface area contributed by atoms with E-state index in [4.69, 9.17) is 15.8 Å². The molecule has 7 heteroatoms. The van der Waals surface area contributed by atoms with Gasteiger partial charge in [0.05, 0.1) is 19.3 Å². The van der Waals surface area contributed by atoms with Gasteiger partial charge in [0.1, 0.15) is 5.75 Å². The van der Waals surface area contributed by atoms with E-state index in [1.165, 1.54) is 0 Å². The van der Waals surface area contributed by atoms with Gasteiger partial charge < -0.3 is 19.4 Å². The number of fused-ring (bicyclic) bond motifs is 1. The van der Waals surface area contributed by atoms with Crippen molar-refractivity contribution in [3.05, 3.63) is 59.6 Å². The second kappa shape index (κ2) is 7.18. The highest BCUT2D eigenvalue weighted by molar-refractivity contribution is 5.85. The standard InChI is InChI=1S/C21H18N4O3/c1-12(2)27-19-7-5-14(10-18(19)22-3)21-24-20(25-28-21)13-4-6-17-15(8-13)9-16(11-26)23-17/h4-10,12,23,26H,11H2,1-2H3. The number of hydrogen-bond acceptors (Lipinski definition) is 5. The van der Waals surface area contributed by atoms with Crippen LogP contribution in [-0.4, -0.2) is 26.3 Å². The SMILES string of the molecule is [C-]#[N+]c1cc(-c2nc(-c3ccc4[nH]c(CO)cc4c3)no2)ccc1OC(C)C. The molecule has 0 bridgehead atoms. The van der Waals surface area contributed by atoms with Crippen molar-refractivity contribution in [3.8, 4) is 28.6 Å². The molecule has 0 atom stereocenters. The third-order valence-corrected chi connectivity index (χ3v) is 4.22. The molecule has 0 amide bonds. The zero-order valence-corrected chi connectivity index (χ0v) is 15.4. The van der Waals surface area contributed by atoms with Crippen LogP contribution in [0.4, 0.5) is 5.69 Å². The van der Waals surface area contributed by atoms with Gasteiger partial charge in [0.15, 0.2) is 0 Å². The molecule has 2 aromatic heterocycles. The lowest BCUT2D eigenvalue weighted by molar-refractivity contribution is 0.244. The summed E-state index contributed by atoms with van der Waals surface area (Å²) >= 11 is 0. The molecule has 2 heterocycles. The Morgan fingerprint density at radius 2 is 2.00 bits per heavy atom. The summed E-state index contributed by atoms with van der Waals surface area (Å²) in [5.74, 6) is 1.32. The fraction of sp³-hybridized carbons (Fsp3) is 0.190. The van der Waals surface area contributed by atoms with Gasteiger partial charge >= 0.3 is 0 Å². The first-order valence-corrected chi connectivity index (χ1v) is 8.82. The van der Waals surface area contributed by atoms with Gasteiger partial charge in [-0.3, -0.25) is 0 Å². The van der Waals surface area contributed by atoms with Gasteiger partial charge in [-0.2, -0.15) is 4.98 Å². The molecule has 0 radical (unpaired) electrons. The van der Waals surface area contributed by atoms with E-state index in [-0.39, 0.29) is 12.7 Å². The first kappa shape index (κ1) is 17.8. The van der Waals surface area contributed by atoms with Crippen LogP contribution in [0, 0.1) is 6.57 Å². The second-order valence-electron chi connectivity index (χ2n) is 6.64.